The summed E-state index contributed by atoms with van der Waals surface area (Å²) in [4.78, 5) is 36.4. The maximum Gasteiger partial charge on any atom is 0.335 e. The van der Waals surface area contributed by atoms with E-state index in [1.165, 1.54) is 0 Å². The fraction of sp³-hybridized carbons (Fsp3) is 0.615. The maximum atomic E-state index is 12.3. The molecule has 2 rings (SSSR count). The van der Waals surface area contributed by atoms with Gasteiger partial charge in [-0.2, -0.15) is 0 Å². The number of amides is 1. The molecule has 0 spiro atoms. The van der Waals surface area contributed by atoms with E-state index in [2.05, 4.69) is 0 Å². The number of carbonyl (C=O) groups is 3. The quantitative estimate of drug-likeness (QED) is 0.523. The Morgan fingerprint density at radius 1 is 1.30 bits per heavy atom. The first kappa shape index (κ1) is 17.4. The number of β-lactam (4-membered cyclic amide) rings is 1. The number of fused-ring (bicyclic) bond motifs is 1. The van der Waals surface area contributed by atoms with E-state index in [0.717, 1.165) is 7.11 Å². The molecular formula is C13H17NO8S. The number of carbonyl (C=O) groups excluding carboxylic acids is 2. The number of aliphatic carboxylic acids is 1. The molecule has 0 aromatic carbocycles. The number of carboxylic acids is 1. The van der Waals surface area contributed by atoms with Gasteiger partial charge in [0.2, 0.25) is 0 Å². The summed E-state index contributed by atoms with van der Waals surface area (Å²) in [5.41, 5.74) is -1.65. The fourth-order valence-corrected chi connectivity index (χ4v) is 4.34. The molecule has 2 aliphatic heterocycles. The normalized spacial score (nSPS) is 29.2. The Kier molecular flexibility index (Phi) is 4.02. The number of esters is 1. The highest BCUT2D eigenvalue weighted by atomic mass is 32.2. The van der Waals surface area contributed by atoms with Crippen molar-refractivity contribution in [2.24, 2.45) is 0 Å². The summed E-state index contributed by atoms with van der Waals surface area (Å²) in [6.45, 7) is 4.71. The Labute approximate surface area is 132 Å². The minimum Gasteiger partial charge on any atom is -0.478 e. The van der Waals surface area contributed by atoms with Gasteiger partial charge in [0, 0.05) is 12.5 Å². The molecule has 0 aliphatic carbocycles. The minimum atomic E-state index is -4.09. The average molecular weight is 347 g/mol. The summed E-state index contributed by atoms with van der Waals surface area (Å²) in [5, 5.41) is 8.29. The molecule has 1 N–H and O–H groups in total. The first-order valence-electron chi connectivity index (χ1n) is 6.67. The van der Waals surface area contributed by atoms with Gasteiger partial charge in [0.1, 0.15) is 5.60 Å². The van der Waals surface area contributed by atoms with E-state index in [1.54, 1.807) is 20.8 Å². The zero-order valence-electron chi connectivity index (χ0n) is 13.0. The van der Waals surface area contributed by atoms with Gasteiger partial charge in [-0.15, -0.1) is 0 Å². The van der Waals surface area contributed by atoms with Crippen molar-refractivity contribution in [1.82, 2.24) is 4.90 Å². The van der Waals surface area contributed by atoms with Crippen LogP contribution >= 0.6 is 0 Å². The number of sulfone groups is 1. The van der Waals surface area contributed by atoms with Crippen molar-refractivity contribution in [1.29, 1.82) is 0 Å². The van der Waals surface area contributed by atoms with Crippen LogP contribution in [0.15, 0.2) is 11.0 Å². The fourth-order valence-electron chi connectivity index (χ4n) is 2.51. The minimum absolute atomic E-state index is 0.504. The molecule has 2 heterocycles. The molecule has 0 bridgehead atoms. The smallest absolute Gasteiger partial charge is 0.335 e. The molecule has 2 aliphatic rings. The van der Waals surface area contributed by atoms with Crippen LogP contribution in [0.3, 0.4) is 0 Å². The lowest BCUT2D eigenvalue weighted by Crippen LogP contribution is -2.74. The van der Waals surface area contributed by atoms with Crippen LogP contribution in [0.1, 0.15) is 20.8 Å². The number of nitrogens with zero attached hydrogens (tertiary/aromatic N) is 1. The van der Waals surface area contributed by atoms with E-state index < -0.39 is 56.4 Å². The van der Waals surface area contributed by atoms with Crippen LogP contribution in [0.25, 0.3) is 0 Å². The van der Waals surface area contributed by atoms with Crippen molar-refractivity contribution in [3.05, 3.63) is 11.0 Å². The van der Waals surface area contributed by atoms with Gasteiger partial charge in [0.05, 0.1) is 5.57 Å². The highest BCUT2D eigenvalue weighted by Gasteiger charge is 2.62. The first-order chi connectivity index (χ1) is 10.4. The topological polar surface area (TPSA) is 127 Å². The third-order valence-electron chi connectivity index (χ3n) is 3.36. The van der Waals surface area contributed by atoms with Crippen LogP contribution in [-0.4, -0.2) is 66.5 Å². The summed E-state index contributed by atoms with van der Waals surface area (Å²) in [7, 11) is -2.93. The van der Waals surface area contributed by atoms with E-state index in [4.69, 9.17) is 9.47 Å². The molecule has 0 aromatic heterocycles. The van der Waals surface area contributed by atoms with E-state index in [-0.39, 0.29) is 0 Å². The summed E-state index contributed by atoms with van der Waals surface area (Å²) >= 11 is 0. The van der Waals surface area contributed by atoms with Crippen LogP contribution in [-0.2, 0) is 33.7 Å². The highest BCUT2D eigenvalue weighted by Crippen LogP contribution is 2.38. The number of hydrogen-bond acceptors (Lipinski definition) is 7. The highest BCUT2D eigenvalue weighted by molar-refractivity contribution is 7.95. The number of rotatable bonds is 3. The van der Waals surface area contributed by atoms with Gasteiger partial charge in [-0.25, -0.2) is 18.0 Å². The van der Waals surface area contributed by atoms with E-state index in [1.807, 2.05) is 0 Å². The van der Waals surface area contributed by atoms with Gasteiger partial charge in [0.15, 0.2) is 27.4 Å². The Balaban J connectivity index is 2.52. The van der Waals surface area contributed by atoms with Crippen molar-refractivity contribution >= 4 is 27.7 Å². The molecule has 1 saturated heterocycles. The lowest BCUT2D eigenvalue weighted by molar-refractivity contribution is -0.180. The molecule has 1 fully saturated rings. The number of ether oxygens (including phenoxy) is 2. The Morgan fingerprint density at radius 3 is 2.30 bits per heavy atom. The third-order valence-corrected chi connectivity index (χ3v) is 5.09. The largest absolute Gasteiger partial charge is 0.478 e. The molecule has 9 nitrogen and oxygen atoms in total. The molecule has 128 valence electrons. The van der Waals surface area contributed by atoms with Gasteiger partial charge in [0.25, 0.3) is 5.91 Å². The maximum absolute atomic E-state index is 12.3. The van der Waals surface area contributed by atoms with E-state index >= 15 is 0 Å². The summed E-state index contributed by atoms with van der Waals surface area (Å²) in [5.74, 6) is -3.39. The van der Waals surface area contributed by atoms with Gasteiger partial charge in [-0.1, -0.05) is 0 Å². The molecule has 1 amide bonds. The lowest BCUT2D eigenvalue weighted by atomic mass is 9.99. The Bertz CT molecular complexity index is 702. The molecule has 10 heteroatoms. The molecule has 0 aromatic rings. The predicted octanol–water partition coefficient (Wildman–Crippen LogP) is -0.723. The molecular weight excluding hydrogens is 330 g/mol. The third kappa shape index (κ3) is 2.83. The molecule has 0 radical (unpaired) electrons. The average Bonchev–Trinajstić information content (AvgIpc) is 2.36. The predicted molar refractivity (Wildman–Crippen MR) is 75.7 cm³/mol. The van der Waals surface area contributed by atoms with Crippen LogP contribution in [0, 0.1) is 0 Å². The van der Waals surface area contributed by atoms with Gasteiger partial charge < -0.3 is 19.5 Å². The summed E-state index contributed by atoms with van der Waals surface area (Å²) < 4.78 is 34.3. The zero-order chi connectivity index (χ0) is 17.7. The monoisotopic (exact) mass is 347 g/mol. The van der Waals surface area contributed by atoms with Crippen molar-refractivity contribution in [2.75, 3.05) is 7.11 Å². The lowest BCUT2D eigenvalue weighted by Gasteiger charge is -2.50. The van der Waals surface area contributed by atoms with Crippen LogP contribution < -0.4 is 0 Å². The van der Waals surface area contributed by atoms with Crippen LogP contribution in [0.5, 0.6) is 0 Å². The van der Waals surface area contributed by atoms with Crippen LogP contribution in [0.4, 0.5) is 0 Å². The zero-order valence-corrected chi connectivity index (χ0v) is 13.8. The number of hydrogen-bond donors (Lipinski definition) is 1. The summed E-state index contributed by atoms with van der Waals surface area (Å²) in [6, 6.07) is -1.63. The van der Waals surface area contributed by atoms with Crippen molar-refractivity contribution in [3.63, 3.8) is 0 Å². The van der Waals surface area contributed by atoms with Gasteiger partial charge >= 0.3 is 11.9 Å². The Hall–Kier alpha value is -1.94. The first-order valence-corrected chi connectivity index (χ1v) is 8.28. The van der Waals surface area contributed by atoms with Crippen molar-refractivity contribution in [2.45, 2.75) is 43.9 Å². The Morgan fingerprint density at radius 2 is 1.87 bits per heavy atom. The van der Waals surface area contributed by atoms with Crippen LogP contribution in [0.2, 0.25) is 0 Å². The van der Waals surface area contributed by atoms with Crippen molar-refractivity contribution < 1.29 is 37.4 Å². The van der Waals surface area contributed by atoms with Crippen molar-refractivity contribution in [3.8, 4) is 0 Å². The van der Waals surface area contributed by atoms with Gasteiger partial charge in [-0.3, -0.25) is 4.79 Å². The SMILES string of the molecule is CO[C@H]1C(=O)N2C(C(=O)OC(C)(C)C)C(C(=O)O)=CS(=O)(=O)C12. The molecule has 23 heavy (non-hydrogen) atoms. The van der Waals surface area contributed by atoms with E-state index in [9.17, 15) is 27.9 Å². The number of carboxylic acid groups (broad SMARTS) is 1. The summed E-state index contributed by atoms with van der Waals surface area (Å²) in [6.07, 6.45) is -1.27. The molecule has 0 saturated carbocycles. The molecule has 2 unspecified atom stereocenters. The standard InChI is InChI=1S/C13H17NO8S/c1-13(2,3)22-12(18)7-6(11(16)17)5-23(19,20)10-8(21-4)9(15)14(7)10/h5,7-8,10H,1-4H3,(H,16,17)/t7?,8-,10?/m0/s1. The van der Waals surface area contributed by atoms with Gasteiger partial charge in [-0.05, 0) is 20.8 Å². The molecule has 3 atom stereocenters. The number of methoxy groups -OCH3 is 1. The van der Waals surface area contributed by atoms with E-state index in [0.29, 0.717) is 10.3 Å². The second-order valence-electron chi connectivity index (χ2n) is 6.20. The second kappa shape index (κ2) is 5.31. The second-order valence-corrected chi connectivity index (χ2v) is 8.09.